The van der Waals surface area contributed by atoms with Crippen LogP contribution < -0.4 is 5.01 Å². The van der Waals surface area contributed by atoms with Gasteiger partial charge in [0, 0.05) is 49.6 Å². The van der Waals surface area contributed by atoms with E-state index in [-0.39, 0.29) is 17.9 Å². The number of rotatable bonds is 5. The number of hydrogen-bond donors (Lipinski definition) is 1. The number of aromatic nitrogens is 2. The first-order valence-corrected chi connectivity index (χ1v) is 10.8. The van der Waals surface area contributed by atoms with E-state index in [1.807, 2.05) is 16.1 Å². The molecule has 0 bridgehead atoms. The number of aliphatic hydroxyl groups is 1. The van der Waals surface area contributed by atoms with Crippen LogP contribution in [-0.2, 0) is 4.79 Å². The van der Waals surface area contributed by atoms with Gasteiger partial charge in [-0.1, -0.05) is 12.1 Å². The second-order valence-electron chi connectivity index (χ2n) is 8.73. The van der Waals surface area contributed by atoms with Crippen molar-refractivity contribution in [2.75, 3.05) is 18.1 Å². The molecule has 3 heterocycles. The molecule has 5 rings (SSSR count). The topological polar surface area (TPSA) is 81.9 Å². The smallest absolute Gasteiger partial charge is 0.225 e. The fraction of sp³-hybridized carbons (Fsp3) is 0.478. The van der Waals surface area contributed by atoms with Crippen molar-refractivity contribution in [1.29, 1.82) is 0 Å². The molecule has 1 aliphatic carbocycles. The molecule has 1 unspecified atom stereocenters. The van der Waals surface area contributed by atoms with E-state index in [2.05, 4.69) is 39.3 Å². The van der Waals surface area contributed by atoms with Crippen molar-refractivity contribution in [2.24, 2.45) is 11.0 Å². The number of nitrogens with zero attached hydrogens (tertiary/aromatic N) is 5. The lowest BCUT2D eigenvalue weighted by Crippen LogP contribution is -2.49. The first-order chi connectivity index (χ1) is 14.6. The number of hydrazone groups is 1. The fourth-order valence-electron chi connectivity index (χ4n) is 4.53. The monoisotopic (exact) mass is 405 g/mol. The SMILES string of the molecule is O=C(C1CC1)N1CCC(O)(CC2CC=NN2c2ccc(-c3cncnc3)cc2)CC1. The van der Waals surface area contributed by atoms with Crippen LogP contribution in [0.2, 0.25) is 0 Å². The number of carbonyl (C=O) groups excluding carboxylic acids is 1. The molecule has 1 aromatic heterocycles. The summed E-state index contributed by atoms with van der Waals surface area (Å²) in [6, 6.07) is 8.34. The van der Waals surface area contributed by atoms with Crippen LogP contribution in [-0.4, -0.2) is 56.8 Å². The summed E-state index contributed by atoms with van der Waals surface area (Å²) in [5.74, 6) is 0.534. The summed E-state index contributed by atoms with van der Waals surface area (Å²) in [6.07, 6.45) is 11.9. The minimum Gasteiger partial charge on any atom is -0.390 e. The predicted octanol–water partition coefficient (Wildman–Crippen LogP) is 2.86. The Morgan fingerprint density at radius 3 is 2.43 bits per heavy atom. The molecule has 1 aromatic carbocycles. The van der Waals surface area contributed by atoms with Crippen molar-refractivity contribution in [1.82, 2.24) is 14.9 Å². The summed E-state index contributed by atoms with van der Waals surface area (Å²) in [6.45, 7) is 1.32. The lowest BCUT2D eigenvalue weighted by atomic mass is 9.84. The standard InChI is InChI=1S/C23H27N5O2/c29-22(18-1-2-18)27-11-8-23(30,9-12-27)13-21-7-10-26-28(21)20-5-3-17(4-6-20)19-14-24-16-25-15-19/h3-6,10,14-16,18,21,30H,1-2,7-9,11-13H2. The van der Waals surface area contributed by atoms with Crippen molar-refractivity contribution < 1.29 is 9.90 Å². The third-order valence-corrected chi connectivity index (χ3v) is 6.50. The average molecular weight is 406 g/mol. The van der Waals surface area contributed by atoms with E-state index in [0.29, 0.717) is 32.4 Å². The number of anilines is 1. The van der Waals surface area contributed by atoms with Crippen molar-refractivity contribution in [3.05, 3.63) is 43.0 Å². The number of amides is 1. The van der Waals surface area contributed by atoms with Crippen LogP contribution in [0.5, 0.6) is 0 Å². The van der Waals surface area contributed by atoms with Crippen molar-refractivity contribution in [3.63, 3.8) is 0 Å². The van der Waals surface area contributed by atoms with Crippen LogP contribution in [0.4, 0.5) is 5.69 Å². The Morgan fingerprint density at radius 1 is 1.07 bits per heavy atom. The molecule has 2 fully saturated rings. The molecule has 1 saturated heterocycles. The maximum Gasteiger partial charge on any atom is 0.225 e. The third kappa shape index (κ3) is 3.94. The summed E-state index contributed by atoms with van der Waals surface area (Å²) in [5, 5.41) is 17.8. The molecule has 1 saturated carbocycles. The Morgan fingerprint density at radius 2 is 1.77 bits per heavy atom. The van der Waals surface area contributed by atoms with Crippen LogP contribution >= 0.6 is 0 Å². The van der Waals surface area contributed by atoms with Gasteiger partial charge in [0.05, 0.1) is 17.3 Å². The van der Waals surface area contributed by atoms with Gasteiger partial charge in [-0.15, -0.1) is 0 Å². The molecular formula is C23H27N5O2. The highest BCUT2D eigenvalue weighted by molar-refractivity contribution is 5.81. The number of likely N-dealkylation sites (tertiary alicyclic amines) is 1. The summed E-state index contributed by atoms with van der Waals surface area (Å²) >= 11 is 0. The number of carbonyl (C=O) groups is 1. The van der Waals surface area contributed by atoms with Gasteiger partial charge in [-0.05, 0) is 49.8 Å². The zero-order valence-electron chi connectivity index (χ0n) is 17.0. The highest BCUT2D eigenvalue weighted by Gasteiger charge is 2.41. The second kappa shape index (κ2) is 7.80. The van der Waals surface area contributed by atoms with Crippen molar-refractivity contribution >= 4 is 17.8 Å². The minimum atomic E-state index is -0.738. The molecule has 1 atom stereocenters. The normalized spacial score (nSPS) is 23.0. The average Bonchev–Trinajstić information content (AvgIpc) is 3.54. The Kier molecular flexibility index (Phi) is 4.98. The molecule has 156 valence electrons. The van der Waals surface area contributed by atoms with E-state index in [0.717, 1.165) is 36.1 Å². The van der Waals surface area contributed by atoms with Crippen LogP contribution in [0.1, 0.15) is 38.5 Å². The first kappa shape index (κ1) is 19.2. The van der Waals surface area contributed by atoms with E-state index in [1.54, 1.807) is 12.4 Å². The van der Waals surface area contributed by atoms with Gasteiger partial charge in [0.25, 0.3) is 0 Å². The summed E-state index contributed by atoms with van der Waals surface area (Å²) in [5.41, 5.74) is 2.31. The quantitative estimate of drug-likeness (QED) is 0.827. The molecule has 2 aliphatic heterocycles. The molecular weight excluding hydrogens is 378 g/mol. The van der Waals surface area contributed by atoms with Gasteiger partial charge < -0.3 is 10.0 Å². The number of benzene rings is 1. The minimum absolute atomic E-state index is 0.131. The van der Waals surface area contributed by atoms with E-state index in [1.165, 1.54) is 6.33 Å². The van der Waals surface area contributed by atoms with E-state index in [9.17, 15) is 9.90 Å². The molecule has 1 N–H and O–H groups in total. The number of hydrogen-bond acceptors (Lipinski definition) is 6. The summed E-state index contributed by atoms with van der Waals surface area (Å²) < 4.78 is 0. The lowest BCUT2D eigenvalue weighted by Gasteiger charge is -2.40. The van der Waals surface area contributed by atoms with Gasteiger partial charge in [0.2, 0.25) is 5.91 Å². The Hall–Kier alpha value is -2.80. The zero-order chi connectivity index (χ0) is 20.6. The highest BCUT2D eigenvalue weighted by Crippen LogP contribution is 2.36. The van der Waals surface area contributed by atoms with Crippen molar-refractivity contribution in [3.8, 4) is 11.1 Å². The Labute approximate surface area is 176 Å². The van der Waals surface area contributed by atoms with Crippen LogP contribution in [0.15, 0.2) is 48.1 Å². The molecule has 7 nitrogen and oxygen atoms in total. The number of piperidine rings is 1. The van der Waals surface area contributed by atoms with Gasteiger partial charge in [-0.2, -0.15) is 5.10 Å². The molecule has 1 amide bonds. The molecule has 7 heteroatoms. The fourth-order valence-corrected chi connectivity index (χ4v) is 4.53. The second-order valence-corrected chi connectivity index (χ2v) is 8.73. The summed E-state index contributed by atoms with van der Waals surface area (Å²) in [4.78, 5) is 22.4. The maximum atomic E-state index is 12.3. The molecule has 0 spiro atoms. The van der Waals surface area contributed by atoms with Gasteiger partial charge >= 0.3 is 0 Å². The Bertz CT molecular complexity index is 918. The highest BCUT2D eigenvalue weighted by atomic mass is 16.3. The predicted molar refractivity (Wildman–Crippen MR) is 115 cm³/mol. The van der Waals surface area contributed by atoms with Crippen LogP contribution in [0.25, 0.3) is 11.1 Å². The van der Waals surface area contributed by atoms with E-state index in [4.69, 9.17) is 0 Å². The van der Waals surface area contributed by atoms with Crippen LogP contribution in [0.3, 0.4) is 0 Å². The van der Waals surface area contributed by atoms with E-state index < -0.39 is 5.60 Å². The van der Waals surface area contributed by atoms with Crippen LogP contribution in [0, 0.1) is 5.92 Å². The van der Waals surface area contributed by atoms with Gasteiger partial charge in [0.1, 0.15) is 6.33 Å². The zero-order valence-corrected chi connectivity index (χ0v) is 17.0. The summed E-state index contributed by atoms with van der Waals surface area (Å²) in [7, 11) is 0. The molecule has 2 aromatic rings. The van der Waals surface area contributed by atoms with Gasteiger partial charge in [-0.25, -0.2) is 9.97 Å². The van der Waals surface area contributed by atoms with Gasteiger partial charge in [-0.3, -0.25) is 9.80 Å². The third-order valence-electron chi connectivity index (χ3n) is 6.50. The largest absolute Gasteiger partial charge is 0.390 e. The molecule has 30 heavy (non-hydrogen) atoms. The van der Waals surface area contributed by atoms with E-state index >= 15 is 0 Å². The lowest BCUT2D eigenvalue weighted by molar-refractivity contribution is -0.137. The maximum absolute atomic E-state index is 12.3. The molecule has 3 aliphatic rings. The molecule has 0 radical (unpaired) electrons. The first-order valence-electron chi connectivity index (χ1n) is 10.8. The van der Waals surface area contributed by atoms with Gasteiger partial charge in [0.15, 0.2) is 0 Å². The van der Waals surface area contributed by atoms with Crippen molar-refractivity contribution in [2.45, 2.75) is 50.2 Å². The Balaban J connectivity index is 1.23.